The maximum Gasteiger partial charge on any atom is 0.416 e. The molecule has 0 radical (unpaired) electrons. The molecule has 4 aromatic rings. The minimum atomic E-state index is -4.34. The minimum absolute atomic E-state index is 0.652. The van der Waals surface area contributed by atoms with E-state index in [0.29, 0.717) is 11.6 Å². The molecule has 2 nitrogen and oxygen atoms in total. The molecule has 0 aliphatic carbocycles. The van der Waals surface area contributed by atoms with Gasteiger partial charge >= 0.3 is 6.18 Å². The fraction of sp³-hybridized carbons (Fsp3) is 0.167. The van der Waals surface area contributed by atoms with Crippen LogP contribution in [0.3, 0.4) is 0 Å². The molecule has 0 bridgehead atoms. The molecule has 6 heteroatoms. The zero-order valence-corrected chi connectivity index (χ0v) is 21.0. The largest absolute Gasteiger partial charge is 0.416 e. The first-order valence-corrected chi connectivity index (χ1v) is 11.9. The Labute approximate surface area is 214 Å². The van der Waals surface area contributed by atoms with Crippen LogP contribution >= 0.6 is 11.6 Å². The van der Waals surface area contributed by atoms with E-state index >= 15 is 0 Å². The Morgan fingerprint density at radius 3 is 2.17 bits per heavy atom. The van der Waals surface area contributed by atoms with E-state index in [9.17, 15) is 13.2 Å². The maximum absolute atomic E-state index is 12.8. The highest BCUT2D eigenvalue weighted by Crippen LogP contribution is 2.31. The molecule has 0 atom stereocenters. The number of alkyl halides is 3. The Hall–Kier alpha value is -3.57. The average Bonchev–Trinajstić information content (AvgIpc) is 3.24. The molecule has 0 saturated heterocycles. The Kier molecular flexibility index (Phi) is 7.51. The summed E-state index contributed by atoms with van der Waals surface area (Å²) in [5.74, 6) is 0.801. The van der Waals surface area contributed by atoms with Crippen molar-refractivity contribution in [1.82, 2.24) is 9.55 Å². The third-order valence-electron chi connectivity index (χ3n) is 6.00. The van der Waals surface area contributed by atoms with Gasteiger partial charge in [-0.3, -0.25) is 0 Å². The van der Waals surface area contributed by atoms with Gasteiger partial charge in [-0.2, -0.15) is 13.2 Å². The Morgan fingerprint density at radius 1 is 0.944 bits per heavy atom. The smallest absolute Gasteiger partial charge is 0.327 e. The van der Waals surface area contributed by atoms with Crippen molar-refractivity contribution in [2.45, 2.75) is 33.5 Å². The molecule has 36 heavy (non-hydrogen) atoms. The van der Waals surface area contributed by atoms with E-state index in [0.717, 1.165) is 51.5 Å². The van der Waals surface area contributed by atoms with Crippen molar-refractivity contribution < 1.29 is 13.2 Å². The molecule has 4 rings (SSSR count). The van der Waals surface area contributed by atoms with Crippen LogP contribution in [0.1, 0.15) is 36.4 Å². The van der Waals surface area contributed by atoms with Crippen LogP contribution in [0.2, 0.25) is 5.02 Å². The fourth-order valence-corrected chi connectivity index (χ4v) is 4.15. The lowest BCUT2D eigenvalue weighted by molar-refractivity contribution is -0.137. The van der Waals surface area contributed by atoms with Crippen LogP contribution in [-0.4, -0.2) is 9.55 Å². The number of halogens is 4. The van der Waals surface area contributed by atoms with Crippen LogP contribution in [-0.2, 0) is 12.7 Å². The van der Waals surface area contributed by atoms with Crippen LogP contribution in [0.4, 0.5) is 13.2 Å². The van der Waals surface area contributed by atoms with Crippen molar-refractivity contribution in [3.63, 3.8) is 0 Å². The lowest BCUT2D eigenvalue weighted by Gasteiger charge is -2.08. The SMILES string of the molecule is C/C=C(\C)Cn1cc(-c2ccc(C)cc2Cl)nc1/C=C/c1ccc(-c2ccc(C(F)(F)F)cc2)cc1. The van der Waals surface area contributed by atoms with Crippen molar-refractivity contribution in [3.8, 4) is 22.4 Å². The van der Waals surface area contributed by atoms with Crippen LogP contribution in [0.5, 0.6) is 0 Å². The Morgan fingerprint density at radius 2 is 1.58 bits per heavy atom. The summed E-state index contributed by atoms with van der Waals surface area (Å²) in [7, 11) is 0. The molecule has 0 amide bonds. The summed E-state index contributed by atoms with van der Waals surface area (Å²) in [6.07, 6.45) is 3.68. The van der Waals surface area contributed by atoms with Gasteiger partial charge in [0.15, 0.2) is 0 Å². The summed E-state index contributed by atoms with van der Waals surface area (Å²) >= 11 is 6.49. The Bertz CT molecular complexity index is 1410. The molecule has 1 aromatic heterocycles. The van der Waals surface area contributed by atoms with Gasteiger partial charge in [0.05, 0.1) is 16.3 Å². The monoisotopic (exact) mass is 506 g/mol. The van der Waals surface area contributed by atoms with Gasteiger partial charge in [0.1, 0.15) is 5.82 Å². The molecule has 0 fully saturated rings. The lowest BCUT2D eigenvalue weighted by atomic mass is 10.0. The second-order valence-electron chi connectivity index (χ2n) is 8.76. The molecule has 0 unspecified atom stereocenters. The molecule has 0 saturated carbocycles. The number of aryl methyl sites for hydroxylation is 1. The third kappa shape index (κ3) is 5.97. The van der Waals surface area contributed by atoms with E-state index in [4.69, 9.17) is 16.6 Å². The van der Waals surface area contributed by atoms with Crippen molar-refractivity contribution in [1.29, 1.82) is 0 Å². The van der Waals surface area contributed by atoms with Crippen LogP contribution < -0.4 is 0 Å². The topological polar surface area (TPSA) is 17.8 Å². The van der Waals surface area contributed by atoms with Gasteiger partial charge in [0.25, 0.3) is 0 Å². The normalized spacial score (nSPS) is 12.5. The van der Waals surface area contributed by atoms with Crippen molar-refractivity contribution in [2.75, 3.05) is 0 Å². The van der Waals surface area contributed by atoms with Crippen molar-refractivity contribution >= 4 is 23.8 Å². The van der Waals surface area contributed by atoms with Gasteiger partial charge in [-0.25, -0.2) is 4.98 Å². The number of rotatable bonds is 6. The van der Waals surface area contributed by atoms with Crippen LogP contribution in [0.15, 0.2) is 84.6 Å². The highest BCUT2D eigenvalue weighted by molar-refractivity contribution is 6.33. The summed E-state index contributed by atoms with van der Waals surface area (Å²) in [5, 5.41) is 0.664. The number of allylic oxidation sites excluding steroid dienone is 2. The van der Waals surface area contributed by atoms with Crippen LogP contribution in [0.25, 0.3) is 34.5 Å². The number of benzene rings is 3. The highest BCUT2D eigenvalue weighted by atomic mass is 35.5. The summed E-state index contributed by atoms with van der Waals surface area (Å²) in [5.41, 5.74) is 5.88. The Balaban J connectivity index is 1.59. The van der Waals surface area contributed by atoms with E-state index in [2.05, 4.69) is 17.6 Å². The van der Waals surface area contributed by atoms with E-state index in [1.807, 2.05) is 74.7 Å². The summed E-state index contributed by atoms with van der Waals surface area (Å²) in [6, 6.07) is 18.8. The second-order valence-corrected chi connectivity index (χ2v) is 9.17. The standard InChI is InChI=1S/C30H26ClF3N2/c1-4-20(2)18-36-19-28(26-15-5-21(3)17-27(26)31)35-29(36)16-8-22-6-9-23(10-7-22)24-11-13-25(14-12-24)30(32,33)34/h4-17,19H,18H2,1-3H3/b16-8+,20-4+. The molecule has 0 spiro atoms. The van der Waals surface area contributed by atoms with E-state index in [1.54, 1.807) is 0 Å². The van der Waals surface area contributed by atoms with Crippen LogP contribution in [0, 0.1) is 6.92 Å². The second kappa shape index (κ2) is 10.6. The average molecular weight is 507 g/mol. The van der Waals surface area contributed by atoms with Gasteiger partial charge < -0.3 is 4.57 Å². The molecule has 1 heterocycles. The lowest BCUT2D eigenvalue weighted by Crippen LogP contribution is -2.03. The zero-order valence-electron chi connectivity index (χ0n) is 20.3. The molecule has 0 aliphatic rings. The number of aromatic nitrogens is 2. The summed E-state index contributed by atoms with van der Waals surface area (Å²) in [4.78, 5) is 4.84. The van der Waals surface area contributed by atoms with Gasteiger partial charge in [0, 0.05) is 18.3 Å². The first-order chi connectivity index (χ1) is 17.1. The number of hydrogen-bond acceptors (Lipinski definition) is 1. The van der Waals surface area contributed by atoms with Gasteiger partial charge in [-0.1, -0.05) is 77.9 Å². The number of hydrogen-bond donors (Lipinski definition) is 0. The van der Waals surface area contributed by atoms with Crippen molar-refractivity contribution in [2.24, 2.45) is 0 Å². The number of nitrogens with zero attached hydrogens (tertiary/aromatic N) is 2. The van der Waals surface area contributed by atoms with Gasteiger partial charge in [-0.05, 0) is 67.3 Å². The summed E-state index contributed by atoms with van der Waals surface area (Å²) < 4.78 is 40.6. The van der Waals surface area contributed by atoms with Gasteiger partial charge in [0.2, 0.25) is 0 Å². The predicted molar refractivity (Wildman–Crippen MR) is 143 cm³/mol. The first kappa shape index (κ1) is 25.5. The first-order valence-electron chi connectivity index (χ1n) is 11.6. The van der Waals surface area contributed by atoms with Crippen molar-refractivity contribution in [3.05, 3.63) is 112 Å². The fourth-order valence-electron chi connectivity index (χ4n) is 3.82. The quantitative estimate of drug-likeness (QED) is 0.238. The highest BCUT2D eigenvalue weighted by Gasteiger charge is 2.29. The third-order valence-corrected chi connectivity index (χ3v) is 6.31. The minimum Gasteiger partial charge on any atom is -0.327 e. The molecule has 184 valence electrons. The van der Waals surface area contributed by atoms with Gasteiger partial charge in [-0.15, -0.1) is 0 Å². The summed E-state index contributed by atoms with van der Waals surface area (Å²) in [6.45, 7) is 6.80. The van der Waals surface area contributed by atoms with E-state index < -0.39 is 11.7 Å². The molecule has 0 N–H and O–H groups in total. The molecular weight excluding hydrogens is 481 g/mol. The zero-order chi connectivity index (χ0) is 25.9. The molecule has 3 aromatic carbocycles. The molecule has 0 aliphatic heterocycles. The van der Waals surface area contributed by atoms with E-state index in [1.165, 1.54) is 17.7 Å². The maximum atomic E-state index is 12.8. The van der Waals surface area contributed by atoms with E-state index in [-0.39, 0.29) is 0 Å². The molecular formula is C30H26ClF3N2. The predicted octanol–water partition coefficient (Wildman–Crippen LogP) is 9.33. The number of imidazole rings is 1.